The Balaban J connectivity index is 1.15. The standard InChI is InChI=1S/C21H26N9O8PS/c22-16-10-1-2-29(17(10)25-7-24-16)14-4-11(32)13(37-14)6-35-39(34,40)38-12-3-9(5-31)36-20(12)30-8-26-15-18(30)27-21(23)28-19(15)33/h1-2,7-9,11-14,20,31-32H,3-6H2,(H,34,40)(H2,22,24,25)(H3,23,27,28,33)/t9-,11-,12+,13?,14+,20+,39?/m0/s1. The van der Waals surface area contributed by atoms with Crippen molar-refractivity contribution in [2.24, 2.45) is 0 Å². The monoisotopic (exact) mass is 595 g/mol. The molecule has 0 bridgehead atoms. The highest BCUT2D eigenvalue weighted by molar-refractivity contribution is 8.07. The predicted octanol–water partition coefficient (Wildman–Crippen LogP) is -0.724. The molecule has 2 unspecified atom stereocenters. The maximum atomic E-state index is 12.2. The van der Waals surface area contributed by atoms with Crippen LogP contribution in [-0.4, -0.2) is 86.8 Å². The molecule has 6 rings (SSSR count). The van der Waals surface area contributed by atoms with Crippen LogP contribution in [0.2, 0.25) is 0 Å². The van der Waals surface area contributed by atoms with Gasteiger partial charge in [0.2, 0.25) is 5.95 Å². The van der Waals surface area contributed by atoms with Crippen LogP contribution in [0.4, 0.5) is 11.8 Å². The zero-order valence-corrected chi connectivity index (χ0v) is 22.4. The molecule has 7 atom stereocenters. The maximum absolute atomic E-state index is 12.2. The van der Waals surface area contributed by atoms with Gasteiger partial charge < -0.3 is 49.7 Å². The Kier molecular flexibility index (Phi) is 7.06. The van der Waals surface area contributed by atoms with Gasteiger partial charge >= 0.3 is 6.72 Å². The quantitative estimate of drug-likeness (QED) is 0.138. The van der Waals surface area contributed by atoms with Gasteiger partial charge in [-0.2, -0.15) is 4.98 Å². The second-order valence-corrected chi connectivity index (χ2v) is 12.2. The number of rotatable bonds is 8. The first-order chi connectivity index (χ1) is 19.1. The number of ether oxygens (including phenoxy) is 2. The molecule has 2 aliphatic heterocycles. The van der Waals surface area contributed by atoms with Crippen LogP contribution in [-0.2, 0) is 30.3 Å². The summed E-state index contributed by atoms with van der Waals surface area (Å²) in [7, 11) is 0. The summed E-state index contributed by atoms with van der Waals surface area (Å²) in [5.74, 6) is 0.203. The van der Waals surface area contributed by atoms with Crippen LogP contribution < -0.4 is 17.0 Å². The Labute approximate surface area is 229 Å². The molecule has 0 aliphatic carbocycles. The van der Waals surface area contributed by atoms with Gasteiger partial charge in [0, 0.05) is 19.0 Å². The number of aromatic nitrogens is 7. The number of nitrogens with two attached hydrogens (primary N) is 2. The summed E-state index contributed by atoms with van der Waals surface area (Å²) in [5.41, 5.74) is 11.8. The third-order valence-electron chi connectivity index (χ3n) is 6.80. The van der Waals surface area contributed by atoms with Gasteiger partial charge in [-0.05, 0) is 17.9 Å². The van der Waals surface area contributed by atoms with Gasteiger partial charge in [-0.1, -0.05) is 0 Å². The van der Waals surface area contributed by atoms with E-state index < -0.39 is 49.1 Å². The van der Waals surface area contributed by atoms with Crippen molar-refractivity contribution >= 4 is 52.5 Å². The van der Waals surface area contributed by atoms with Crippen LogP contribution in [0.15, 0.2) is 29.7 Å². The number of H-pyrrole nitrogens is 1. The summed E-state index contributed by atoms with van der Waals surface area (Å²) in [6.07, 6.45) is -0.0351. The fraction of sp³-hybridized carbons (Fsp3) is 0.476. The molecule has 0 amide bonds. The van der Waals surface area contributed by atoms with Crippen molar-refractivity contribution < 1.29 is 33.6 Å². The highest BCUT2D eigenvalue weighted by atomic mass is 32.5. The van der Waals surface area contributed by atoms with E-state index in [0.29, 0.717) is 16.9 Å². The average Bonchev–Trinajstić information content (AvgIpc) is 3.68. The smallest absolute Gasteiger partial charge is 0.325 e. The zero-order valence-electron chi connectivity index (χ0n) is 20.7. The van der Waals surface area contributed by atoms with Gasteiger partial charge in [0.25, 0.3) is 5.56 Å². The van der Waals surface area contributed by atoms with E-state index in [9.17, 15) is 19.9 Å². The van der Waals surface area contributed by atoms with E-state index >= 15 is 0 Å². The molecule has 0 radical (unpaired) electrons. The van der Waals surface area contributed by atoms with Crippen LogP contribution in [0, 0.1) is 0 Å². The summed E-state index contributed by atoms with van der Waals surface area (Å²) in [6.45, 7) is -4.50. The van der Waals surface area contributed by atoms with Crippen molar-refractivity contribution in [2.75, 3.05) is 24.7 Å². The number of aromatic amines is 1. The zero-order chi connectivity index (χ0) is 28.2. The minimum atomic E-state index is -3.91. The van der Waals surface area contributed by atoms with Crippen LogP contribution in [0.3, 0.4) is 0 Å². The van der Waals surface area contributed by atoms with E-state index in [1.54, 1.807) is 16.8 Å². The second kappa shape index (κ2) is 10.4. The Morgan fingerprint density at radius 2 is 2.02 bits per heavy atom. The average molecular weight is 596 g/mol. The topological polar surface area (TPSA) is 244 Å². The lowest BCUT2D eigenvalue weighted by molar-refractivity contribution is -0.0543. The van der Waals surface area contributed by atoms with Gasteiger partial charge in [-0.15, -0.1) is 0 Å². The largest absolute Gasteiger partial charge is 0.394 e. The number of nitrogens with one attached hydrogen (secondary N) is 1. The number of anilines is 2. The third-order valence-corrected chi connectivity index (χ3v) is 8.39. The van der Waals surface area contributed by atoms with E-state index in [-0.39, 0.29) is 43.2 Å². The van der Waals surface area contributed by atoms with Gasteiger partial charge in [-0.3, -0.25) is 14.3 Å². The van der Waals surface area contributed by atoms with Crippen LogP contribution >= 0.6 is 6.72 Å². The number of aliphatic hydroxyl groups excluding tert-OH is 2. The molecule has 2 saturated heterocycles. The molecule has 0 aromatic carbocycles. The molecule has 2 aliphatic rings. The number of hydrogen-bond donors (Lipinski definition) is 6. The lowest BCUT2D eigenvalue weighted by Crippen LogP contribution is -2.27. The summed E-state index contributed by atoms with van der Waals surface area (Å²) < 4.78 is 26.4. The Morgan fingerprint density at radius 1 is 1.20 bits per heavy atom. The summed E-state index contributed by atoms with van der Waals surface area (Å²) in [6, 6.07) is 1.76. The number of nitrogens with zero attached hydrogens (tertiary/aromatic N) is 6. The highest BCUT2D eigenvalue weighted by Gasteiger charge is 2.42. The third kappa shape index (κ3) is 4.98. The van der Waals surface area contributed by atoms with E-state index in [1.165, 1.54) is 17.2 Å². The molecule has 17 nitrogen and oxygen atoms in total. The first-order valence-electron chi connectivity index (χ1n) is 12.2. The van der Waals surface area contributed by atoms with E-state index in [0.717, 1.165) is 0 Å². The molecular formula is C21H26N9O8PS. The fourth-order valence-electron chi connectivity index (χ4n) is 4.93. The maximum Gasteiger partial charge on any atom is 0.325 e. The molecule has 40 heavy (non-hydrogen) atoms. The second-order valence-electron chi connectivity index (χ2n) is 9.40. The SMILES string of the molecule is Nc1nc2c(ncn2[C@@H]2O[C@H](CO)C[C@H]2OP(O)(=S)OCC2O[C@@H](n3ccc4c(N)ncnc43)C[C@@H]2O)c(=O)[nH]1. The Hall–Kier alpha value is -3.06. The lowest BCUT2D eigenvalue weighted by atomic mass is 10.2. The number of imidazole rings is 1. The van der Waals surface area contributed by atoms with Crippen molar-refractivity contribution in [3.8, 4) is 0 Å². The lowest BCUT2D eigenvalue weighted by Gasteiger charge is -2.25. The normalized spacial score (nSPS) is 28.5. The van der Waals surface area contributed by atoms with Crippen molar-refractivity contribution in [3.05, 3.63) is 35.3 Å². The summed E-state index contributed by atoms with van der Waals surface area (Å²) in [4.78, 5) is 41.9. The van der Waals surface area contributed by atoms with Crippen LogP contribution in [0.1, 0.15) is 25.3 Å². The number of aliphatic hydroxyl groups is 2. The highest BCUT2D eigenvalue weighted by Crippen LogP contribution is 2.50. The number of fused-ring (bicyclic) bond motifs is 2. The minimum absolute atomic E-state index is 0.0234. The molecule has 214 valence electrons. The van der Waals surface area contributed by atoms with Gasteiger partial charge in [0.15, 0.2) is 17.4 Å². The van der Waals surface area contributed by atoms with Crippen molar-refractivity contribution in [1.82, 2.24) is 34.1 Å². The molecule has 0 saturated carbocycles. The molecule has 4 aromatic heterocycles. The van der Waals surface area contributed by atoms with E-state index in [2.05, 4.69) is 24.9 Å². The minimum Gasteiger partial charge on any atom is -0.394 e. The Bertz CT molecular complexity index is 1660. The molecule has 19 heteroatoms. The van der Waals surface area contributed by atoms with Crippen molar-refractivity contribution in [2.45, 2.75) is 49.7 Å². The fourth-order valence-corrected chi connectivity index (χ4v) is 6.37. The van der Waals surface area contributed by atoms with Gasteiger partial charge in [0.1, 0.15) is 36.2 Å². The first kappa shape index (κ1) is 27.1. The van der Waals surface area contributed by atoms with E-state index in [1.807, 2.05) is 0 Å². The van der Waals surface area contributed by atoms with Crippen molar-refractivity contribution in [1.29, 1.82) is 0 Å². The van der Waals surface area contributed by atoms with Gasteiger partial charge in [0.05, 0.1) is 37.1 Å². The van der Waals surface area contributed by atoms with Crippen LogP contribution in [0.5, 0.6) is 0 Å². The molecule has 8 N–H and O–H groups in total. The summed E-state index contributed by atoms with van der Waals surface area (Å²) in [5, 5.41) is 21.0. The van der Waals surface area contributed by atoms with Crippen molar-refractivity contribution in [3.63, 3.8) is 0 Å². The predicted molar refractivity (Wildman–Crippen MR) is 142 cm³/mol. The number of nitrogen functional groups attached to an aromatic ring is 2. The summed E-state index contributed by atoms with van der Waals surface area (Å²) >= 11 is 5.25. The molecule has 0 spiro atoms. The molecule has 2 fully saturated rings. The molecular weight excluding hydrogens is 569 g/mol. The van der Waals surface area contributed by atoms with Gasteiger partial charge in [-0.25, -0.2) is 15.0 Å². The molecule has 6 heterocycles. The first-order valence-corrected chi connectivity index (χ1v) is 14.8. The molecule has 4 aromatic rings. The Morgan fingerprint density at radius 3 is 2.83 bits per heavy atom. The van der Waals surface area contributed by atoms with Crippen LogP contribution in [0.25, 0.3) is 22.2 Å². The number of hydrogen-bond acceptors (Lipinski definition) is 14. The van der Waals surface area contributed by atoms with E-state index in [4.69, 9.17) is 41.8 Å².